The number of hydrogen-bond donors (Lipinski definition) is 2. The Morgan fingerprint density at radius 1 is 1.28 bits per heavy atom. The maximum absolute atomic E-state index is 11.3. The molecule has 2 heterocycles. The number of benzene rings is 1. The first-order chi connectivity index (χ1) is 8.77. The highest BCUT2D eigenvalue weighted by atomic mass is 16.4. The molecule has 92 valence electrons. The SMILES string of the molecule is O=C(O)C1CNCC1c1cccc2ncccc12. The molecule has 1 aromatic heterocycles. The van der Waals surface area contributed by atoms with E-state index in [1.165, 1.54) is 0 Å². The predicted octanol–water partition coefficient (Wildman–Crippen LogP) is 1.62. The van der Waals surface area contributed by atoms with Gasteiger partial charge in [-0.15, -0.1) is 0 Å². The predicted molar refractivity (Wildman–Crippen MR) is 68.5 cm³/mol. The molecule has 0 aliphatic carbocycles. The van der Waals surface area contributed by atoms with Crippen LogP contribution in [0.4, 0.5) is 0 Å². The first-order valence-electron chi connectivity index (χ1n) is 6.04. The van der Waals surface area contributed by atoms with Crippen molar-refractivity contribution in [2.75, 3.05) is 13.1 Å². The normalized spacial score (nSPS) is 23.3. The highest BCUT2D eigenvalue weighted by molar-refractivity contribution is 5.84. The molecular formula is C14H14N2O2. The van der Waals surface area contributed by atoms with Crippen LogP contribution in [0.3, 0.4) is 0 Å². The zero-order chi connectivity index (χ0) is 12.5. The van der Waals surface area contributed by atoms with Gasteiger partial charge in [-0.3, -0.25) is 9.78 Å². The standard InChI is InChI=1S/C14H14N2O2/c17-14(18)12-8-15-7-11(12)9-3-1-5-13-10(9)4-2-6-16-13/h1-6,11-12,15H,7-8H2,(H,17,18). The summed E-state index contributed by atoms with van der Waals surface area (Å²) < 4.78 is 0. The summed E-state index contributed by atoms with van der Waals surface area (Å²) in [5.41, 5.74) is 2.00. The number of aromatic nitrogens is 1. The molecule has 0 bridgehead atoms. The van der Waals surface area contributed by atoms with Crippen molar-refractivity contribution in [2.45, 2.75) is 5.92 Å². The molecular weight excluding hydrogens is 228 g/mol. The molecule has 0 amide bonds. The Balaban J connectivity index is 2.11. The minimum atomic E-state index is -0.731. The molecule has 1 aromatic carbocycles. The van der Waals surface area contributed by atoms with Gasteiger partial charge in [0.25, 0.3) is 0 Å². The van der Waals surface area contributed by atoms with Gasteiger partial charge in [0.05, 0.1) is 11.4 Å². The van der Waals surface area contributed by atoms with E-state index in [4.69, 9.17) is 0 Å². The lowest BCUT2D eigenvalue weighted by Gasteiger charge is -2.16. The quantitative estimate of drug-likeness (QED) is 0.840. The molecule has 2 atom stereocenters. The van der Waals surface area contributed by atoms with Crippen molar-refractivity contribution < 1.29 is 9.90 Å². The fourth-order valence-corrected chi connectivity index (χ4v) is 2.72. The van der Waals surface area contributed by atoms with Crippen LogP contribution in [-0.4, -0.2) is 29.1 Å². The fourth-order valence-electron chi connectivity index (χ4n) is 2.72. The van der Waals surface area contributed by atoms with E-state index in [-0.39, 0.29) is 11.8 Å². The van der Waals surface area contributed by atoms with Gasteiger partial charge in [-0.1, -0.05) is 18.2 Å². The fraction of sp³-hybridized carbons (Fsp3) is 0.286. The smallest absolute Gasteiger partial charge is 0.308 e. The number of carboxylic acid groups (broad SMARTS) is 1. The Kier molecular flexibility index (Phi) is 2.72. The summed E-state index contributed by atoms with van der Waals surface area (Å²) in [5, 5.41) is 13.5. The molecule has 18 heavy (non-hydrogen) atoms. The average Bonchev–Trinajstić information content (AvgIpc) is 2.87. The second-order valence-electron chi connectivity index (χ2n) is 4.63. The third-order valence-corrected chi connectivity index (χ3v) is 3.61. The van der Waals surface area contributed by atoms with Gasteiger partial charge in [0.1, 0.15) is 0 Å². The Labute approximate surface area is 105 Å². The number of nitrogens with one attached hydrogen (secondary N) is 1. The van der Waals surface area contributed by atoms with E-state index in [2.05, 4.69) is 10.3 Å². The maximum atomic E-state index is 11.3. The van der Waals surface area contributed by atoms with Crippen LogP contribution in [-0.2, 0) is 4.79 Å². The summed E-state index contributed by atoms with van der Waals surface area (Å²) >= 11 is 0. The van der Waals surface area contributed by atoms with Crippen molar-refractivity contribution >= 4 is 16.9 Å². The van der Waals surface area contributed by atoms with Gasteiger partial charge in [0.2, 0.25) is 0 Å². The minimum Gasteiger partial charge on any atom is -0.481 e. The van der Waals surface area contributed by atoms with Crippen LogP contribution in [0.5, 0.6) is 0 Å². The second kappa shape index (κ2) is 4.38. The summed E-state index contributed by atoms with van der Waals surface area (Å²) in [6.07, 6.45) is 1.76. The Morgan fingerprint density at radius 2 is 2.17 bits per heavy atom. The number of carbonyl (C=O) groups is 1. The lowest BCUT2D eigenvalue weighted by atomic mass is 9.87. The molecule has 0 spiro atoms. The van der Waals surface area contributed by atoms with Gasteiger partial charge in [-0.05, 0) is 17.7 Å². The van der Waals surface area contributed by atoms with Gasteiger partial charge in [-0.25, -0.2) is 0 Å². The summed E-state index contributed by atoms with van der Waals surface area (Å²) in [6, 6.07) is 9.81. The number of hydrogen-bond acceptors (Lipinski definition) is 3. The van der Waals surface area contributed by atoms with Crippen molar-refractivity contribution in [3.05, 3.63) is 42.1 Å². The molecule has 2 unspecified atom stereocenters. The van der Waals surface area contributed by atoms with Crippen molar-refractivity contribution in [2.24, 2.45) is 5.92 Å². The van der Waals surface area contributed by atoms with E-state index in [1.807, 2.05) is 30.3 Å². The Hall–Kier alpha value is -1.94. The van der Waals surface area contributed by atoms with Gasteiger partial charge in [-0.2, -0.15) is 0 Å². The third kappa shape index (κ3) is 1.75. The number of nitrogens with zero attached hydrogens (tertiary/aromatic N) is 1. The molecule has 1 aliphatic heterocycles. The molecule has 1 aliphatic rings. The van der Waals surface area contributed by atoms with E-state index >= 15 is 0 Å². The molecule has 4 nitrogen and oxygen atoms in total. The Morgan fingerprint density at radius 3 is 3.00 bits per heavy atom. The van der Waals surface area contributed by atoms with Crippen LogP contribution in [0.1, 0.15) is 11.5 Å². The van der Waals surface area contributed by atoms with E-state index in [1.54, 1.807) is 6.20 Å². The van der Waals surface area contributed by atoms with Crippen molar-refractivity contribution in [3.63, 3.8) is 0 Å². The molecule has 2 aromatic rings. The lowest BCUT2D eigenvalue weighted by Crippen LogP contribution is -2.21. The molecule has 4 heteroatoms. The van der Waals surface area contributed by atoms with E-state index in [9.17, 15) is 9.90 Å². The first-order valence-corrected chi connectivity index (χ1v) is 6.04. The van der Waals surface area contributed by atoms with Crippen LogP contribution in [0.15, 0.2) is 36.5 Å². The van der Waals surface area contributed by atoms with E-state index in [0.29, 0.717) is 13.1 Å². The van der Waals surface area contributed by atoms with Crippen LogP contribution >= 0.6 is 0 Å². The minimum absolute atomic E-state index is 0.0235. The van der Waals surface area contributed by atoms with E-state index in [0.717, 1.165) is 16.5 Å². The molecule has 3 rings (SSSR count). The number of pyridine rings is 1. The lowest BCUT2D eigenvalue weighted by molar-refractivity contribution is -0.141. The highest BCUT2D eigenvalue weighted by Gasteiger charge is 2.34. The first kappa shape index (κ1) is 11.2. The third-order valence-electron chi connectivity index (χ3n) is 3.61. The van der Waals surface area contributed by atoms with Crippen LogP contribution in [0, 0.1) is 5.92 Å². The van der Waals surface area contributed by atoms with Gasteiger partial charge in [0.15, 0.2) is 0 Å². The molecule has 0 saturated carbocycles. The number of aliphatic carboxylic acids is 1. The second-order valence-corrected chi connectivity index (χ2v) is 4.63. The number of carboxylic acids is 1. The van der Waals surface area contributed by atoms with Crippen molar-refractivity contribution in [3.8, 4) is 0 Å². The van der Waals surface area contributed by atoms with Crippen molar-refractivity contribution in [1.29, 1.82) is 0 Å². The monoisotopic (exact) mass is 242 g/mol. The largest absolute Gasteiger partial charge is 0.481 e. The summed E-state index contributed by atoms with van der Waals surface area (Å²) in [4.78, 5) is 15.6. The molecule has 0 radical (unpaired) electrons. The van der Waals surface area contributed by atoms with E-state index < -0.39 is 5.97 Å². The molecule has 1 fully saturated rings. The van der Waals surface area contributed by atoms with Crippen LogP contribution in [0.25, 0.3) is 10.9 Å². The summed E-state index contributed by atoms with van der Waals surface area (Å²) in [5.74, 6) is -1.06. The van der Waals surface area contributed by atoms with Crippen LogP contribution < -0.4 is 5.32 Å². The van der Waals surface area contributed by atoms with Gasteiger partial charge >= 0.3 is 5.97 Å². The summed E-state index contributed by atoms with van der Waals surface area (Å²) in [7, 11) is 0. The zero-order valence-corrected chi connectivity index (χ0v) is 9.84. The van der Waals surface area contributed by atoms with Gasteiger partial charge < -0.3 is 10.4 Å². The number of rotatable bonds is 2. The van der Waals surface area contributed by atoms with Crippen LogP contribution in [0.2, 0.25) is 0 Å². The topological polar surface area (TPSA) is 62.2 Å². The maximum Gasteiger partial charge on any atom is 0.308 e. The highest BCUT2D eigenvalue weighted by Crippen LogP contribution is 2.32. The van der Waals surface area contributed by atoms with Crippen molar-refractivity contribution in [1.82, 2.24) is 10.3 Å². The van der Waals surface area contributed by atoms with Gasteiger partial charge in [0, 0.05) is 30.6 Å². The summed E-state index contributed by atoms with van der Waals surface area (Å²) in [6.45, 7) is 1.25. The Bertz CT molecular complexity index is 592. The zero-order valence-electron chi connectivity index (χ0n) is 9.84. The number of fused-ring (bicyclic) bond motifs is 1. The molecule has 2 N–H and O–H groups in total. The molecule has 1 saturated heterocycles. The average molecular weight is 242 g/mol.